The van der Waals surface area contributed by atoms with E-state index in [9.17, 15) is 4.79 Å². The Morgan fingerprint density at radius 2 is 1.78 bits per heavy atom. The second kappa shape index (κ2) is 8.88. The van der Waals surface area contributed by atoms with Crippen LogP contribution in [0.4, 0.5) is 0 Å². The molecule has 1 heterocycles. The van der Waals surface area contributed by atoms with Gasteiger partial charge in [-0.05, 0) is 59.3 Å². The zero-order chi connectivity index (χ0) is 19.2. The van der Waals surface area contributed by atoms with Crippen molar-refractivity contribution in [2.75, 3.05) is 14.2 Å². The normalized spacial score (nSPS) is 15.3. The van der Waals surface area contributed by atoms with Crippen LogP contribution in [0.5, 0.6) is 11.5 Å². The number of aliphatic imine (C=N–C) groups is 1. The van der Waals surface area contributed by atoms with Crippen LogP contribution in [-0.2, 0) is 4.79 Å². The number of rotatable bonds is 5. The highest BCUT2D eigenvalue weighted by atomic mass is 79.9. The van der Waals surface area contributed by atoms with Crippen molar-refractivity contribution in [3.63, 3.8) is 0 Å². The second-order valence-corrected chi connectivity index (χ2v) is 7.25. The smallest absolute Gasteiger partial charge is 0.245 e. The zero-order valence-electron chi connectivity index (χ0n) is 14.6. The molecule has 3 rings (SSSR count). The van der Waals surface area contributed by atoms with Crippen molar-refractivity contribution in [1.29, 1.82) is 0 Å². The van der Waals surface area contributed by atoms with Crippen LogP contribution in [0.3, 0.4) is 0 Å². The summed E-state index contributed by atoms with van der Waals surface area (Å²) in [6, 6.07) is 13.1. The van der Waals surface area contributed by atoms with E-state index in [1.54, 1.807) is 38.6 Å². The molecule has 1 aliphatic heterocycles. The fraction of sp³-hybridized carbons (Fsp3) is 0.105. The average Bonchev–Trinajstić information content (AvgIpc) is 3.02. The van der Waals surface area contributed by atoms with E-state index in [1.165, 1.54) is 0 Å². The van der Waals surface area contributed by atoms with Crippen molar-refractivity contribution in [3.05, 3.63) is 63.8 Å². The van der Waals surface area contributed by atoms with Crippen LogP contribution in [0.15, 0.2) is 62.7 Å². The third-order valence-corrected chi connectivity index (χ3v) is 4.87. The maximum absolute atomic E-state index is 12.1. The molecule has 0 bridgehead atoms. The van der Waals surface area contributed by atoms with Gasteiger partial charge in [0.25, 0.3) is 0 Å². The van der Waals surface area contributed by atoms with Crippen LogP contribution in [0.1, 0.15) is 11.1 Å². The molecule has 138 valence electrons. The summed E-state index contributed by atoms with van der Waals surface area (Å²) >= 11 is 4.39. The van der Waals surface area contributed by atoms with E-state index in [-0.39, 0.29) is 5.12 Å². The van der Waals surface area contributed by atoms with Crippen LogP contribution in [-0.4, -0.2) is 30.7 Å². The maximum Gasteiger partial charge on any atom is 0.245 e. The summed E-state index contributed by atoms with van der Waals surface area (Å²) in [5, 5.41) is 4.44. The first-order valence-corrected chi connectivity index (χ1v) is 9.49. The lowest BCUT2D eigenvalue weighted by Crippen LogP contribution is -2.11. The number of carbonyl (C=O) groups is 1. The number of carbonyl (C=O) groups excluding carboxylic acids is 1. The monoisotopic (exact) mass is 445 g/mol. The summed E-state index contributed by atoms with van der Waals surface area (Å²) in [6.07, 6.45) is 3.36. The minimum atomic E-state index is -0.123. The van der Waals surface area contributed by atoms with Crippen LogP contribution >= 0.6 is 27.7 Å². The molecule has 2 aromatic carbocycles. The molecule has 0 saturated heterocycles. The number of amidine groups is 1. The molecule has 0 amide bonds. The molecule has 1 N–H and O–H groups in total. The molecule has 27 heavy (non-hydrogen) atoms. The van der Waals surface area contributed by atoms with E-state index < -0.39 is 0 Å². The molecule has 0 fully saturated rings. The number of hydrogen-bond acceptors (Lipinski definition) is 7. The minimum Gasteiger partial charge on any atom is -0.493 e. The number of ether oxygens (including phenoxy) is 2. The highest BCUT2D eigenvalue weighted by Crippen LogP contribution is 2.27. The van der Waals surface area contributed by atoms with Crippen molar-refractivity contribution in [2.24, 2.45) is 10.1 Å². The number of nitrogens with zero attached hydrogens (tertiary/aromatic N) is 2. The molecular weight excluding hydrogens is 430 g/mol. The molecule has 0 saturated carbocycles. The average molecular weight is 446 g/mol. The van der Waals surface area contributed by atoms with E-state index in [0.717, 1.165) is 27.4 Å². The summed E-state index contributed by atoms with van der Waals surface area (Å²) in [5.74, 6) is 1.26. The Balaban J connectivity index is 1.68. The molecule has 2 aromatic rings. The van der Waals surface area contributed by atoms with Crippen LogP contribution in [0.2, 0.25) is 0 Å². The summed E-state index contributed by atoms with van der Waals surface area (Å²) in [4.78, 5) is 16.4. The molecule has 0 aliphatic carbocycles. The zero-order valence-corrected chi connectivity index (χ0v) is 17.0. The molecule has 0 radical (unpaired) electrons. The predicted molar refractivity (Wildman–Crippen MR) is 112 cm³/mol. The molecule has 0 atom stereocenters. The van der Waals surface area contributed by atoms with Crippen molar-refractivity contribution in [3.8, 4) is 11.5 Å². The summed E-state index contributed by atoms with van der Waals surface area (Å²) in [6.45, 7) is 0. The number of hydrazone groups is 1. The number of thioether (sulfide) groups is 1. The Bertz CT molecular complexity index is 940. The van der Waals surface area contributed by atoms with E-state index in [0.29, 0.717) is 22.4 Å². The SMILES string of the molecule is COc1ccc(/C=N\NC2=N/C(=C/c3ccc(Br)cc3)C(=O)S2)cc1OC. The molecule has 1 aliphatic rings. The summed E-state index contributed by atoms with van der Waals surface area (Å²) < 4.78 is 11.4. The quantitative estimate of drug-likeness (QED) is 0.426. The minimum absolute atomic E-state index is 0.123. The Labute approximate surface area is 169 Å². The van der Waals surface area contributed by atoms with Gasteiger partial charge in [0.15, 0.2) is 16.7 Å². The van der Waals surface area contributed by atoms with Crippen LogP contribution in [0, 0.1) is 0 Å². The predicted octanol–water partition coefficient (Wildman–Crippen LogP) is 4.06. The van der Waals surface area contributed by atoms with Gasteiger partial charge in [-0.2, -0.15) is 5.10 Å². The molecule has 6 nitrogen and oxygen atoms in total. The highest BCUT2D eigenvalue weighted by Gasteiger charge is 2.21. The van der Waals surface area contributed by atoms with Crippen molar-refractivity contribution in [2.45, 2.75) is 0 Å². The molecule has 0 aromatic heterocycles. The summed E-state index contributed by atoms with van der Waals surface area (Å²) in [5.41, 5.74) is 4.90. The van der Waals surface area contributed by atoms with Gasteiger partial charge in [-0.3, -0.25) is 10.2 Å². The van der Waals surface area contributed by atoms with E-state index >= 15 is 0 Å². The van der Waals surface area contributed by atoms with E-state index in [4.69, 9.17) is 9.47 Å². The highest BCUT2D eigenvalue weighted by molar-refractivity contribution is 9.10. The first-order chi connectivity index (χ1) is 13.1. The van der Waals surface area contributed by atoms with E-state index in [1.807, 2.05) is 30.3 Å². The van der Waals surface area contributed by atoms with Crippen molar-refractivity contribution >= 4 is 50.3 Å². The van der Waals surface area contributed by atoms with Crippen molar-refractivity contribution in [1.82, 2.24) is 5.43 Å². The number of methoxy groups -OCH3 is 2. The van der Waals surface area contributed by atoms with Gasteiger partial charge in [0.1, 0.15) is 5.70 Å². The molecule has 0 unspecified atom stereocenters. The van der Waals surface area contributed by atoms with Gasteiger partial charge >= 0.3 is 0 Å². The van der Waals surface area contributed by atoms with Crippen molar-refractivity contribution < 1.29 is 14.3 Å². The molecule has 0 spiro atoms. The Kier molecular flexibility index (Phi) is 6.31. The van der Waals surface area contributed by atoms with Gasteiger partial charge in [-0.15, -0.1) is 0 Å². The number of nitrogens with one attached hydrogen (secondary N) is 1. The number of hydrogen-bond donors (Lipinski definition) is 1. The second-order valence-electron chi connectivity index (χ2n) is 5.37. The van der Waals surface area contributed by atoms with E-state index in [2.05, 4.69) is 31.4 Å². The van der Waals surface area contributed by atoms with Gasteiger partial charge in [-0.25, -0.2) is 4.99 Å². The van der Waals surface area contributed by atoms with Crippen LogP contribution < -0.4 is 14.9 Å². The first-order valence-electron chi connectivity index (χ1n) is 7.88. The number of halogens is 1. The Morgan fingerprint density at radius 3 is 2.48 bits per heavy atom. The Hall–Kier alpha value is -2.58. The fourth-order valence-electron chi connectivity index (χ4n) is 2.27. The maximum atomic E-state index is 12.1. The van der Waals surface area contributed by atoms with Gasteiger partial charge in [0.05, 0.1) is 20.4 Å². The molecular formula is C19H16BrN3O3S. The van der Waals surface area contributed by atoms with Gasteiger partial charge in [0, 0.05) is 4.47 Å². The topological polar surface area (TPSA) is 72.3 Å². The largest absolute Gasteiger partial charge is 0.493 e. The third kappa shape index (κ3) is 4.99. The standard InChI is InChI=1S/C19H16BrN3O3S/c1-25-16-8-5-13(10-17(16)26-2)11-21-23-19-22-15(18(24)27-19)9-12-3-6-14(20)7-4-12/h3-11H,1-2H3,(H,22,23)/b15-9+,21-11-. The number of benzene rings is 2. The molecule has 8 heteroatoms. The van der Waals surface area contributed by atoms with Crippen LogP contribution in [0.25, 0.3) is 6.08 Å². The first kappa shape index (κ1) is 19.2. The summed E-state index contributed by atoms with van der Waals surface area (Å²) in [7, 11) is 3.16. The van der Waals surface area contributed by atoms with Gasteiger partial charge < -0.3 is 9.47 Å². The lowest BCUT2D eigenvalue weighted by molar-refractivity contribution is -0.107. The lowest BCUT2D eigenvalue weighted by atomic mass is 10.2. The Morgan fingerprint density at radius 1 is 1.07 bits per heavy atom. The third-order valence-electron chi connectivity index (χ3n) is 3.58. The van der Waals surface area contributed by atoms with Gasteiger partial charge in [-0.1, -0.05) is 28.1 Å². The van der Waals surface area contributed by atoms with Gasteiger partial charge in [0.2, 0.25) is 5.12 Å². The lowest BCUT2D eigenvalue weighted by Gasteiger charge is -2.07. The fourth-order valence-corrected chi connectivity index (χ4v) is 3.16.